The topological polar surface area (TPSA) is 63.3 Å². The molecule has 3 N–H and O–H groups in total. The fourth-order valence-corrected chi connectivity index (χ4v) is 2.08. The van der Waals surface area contributed by atoms with Crippen LogP contribution in [0.1, 0.15) is 43.7 Å². The molecule has 1 aromatic carbocycles. The van der Waals surface area contributed by atoms with Crippen molar-refractivity contribution in [1.82, 2.24) is 0 Å². The first-order valence-corrected chi connectivity index (χ1v) is 6.15. The van der Waals surface area contributed by atoms with Crippen molar-refractivity contribution in [2.75, 3.05) is 0 Å². The molecule has 0 aromatic heterocycles. The molecule has 0 aliphatic carbocycles. The van der Waals surface area contributed by atoms with Gasteiger partial charge in [0.25, 0.3) is 0 Å². The highest BCUT2D eigenvalue weighted by molar-refractivity contribution is 5.73. The number of benzene rings is 1. The molecule has 0 bridgehead atoms. The zero-order chi connectivity index (χ0) is 12.8. The summed E-state index contributed by atoms with van der Waals surface area (Å²) in [6.07, 6.45) is 2.60. The van der Waals surface area contributed by atoms with Crippen LogP contribution in [0.5, 0.6) is 0 Å². The van der Waals surface area contributed by atoms with Crippen LogP contribution >= 0.6 is 0 Å². The molecule has 0 unspecified atom stereocenters. The van der Waals surface area contributed by atoms with Crippen LogP contribution in [-0.2, 0) is 11.2 Å². The quantitative estimate of drug-likeness (QED) is 0.796. The second-order valence-corrected chi connectivity index (χ2v) is 4.41. The molecule has 0 heterocycles. The smallest absolute Gasteiger partial charge is 0.320 e. The van der Waals surface area contributed by atoms with Gasteiger partial charge in [-0.2, -0.15) is 0 Å². The van der Waals surface area contributed by atoms with Gasteiger partial charge in [0.1, 0.15) is 6.04 Å². The van der Waals surface area contributed by atoms with Crippen molar-refractivity contribution in [3.63, 3.8) is 0 Å². The van der Waals surface area contributed by atoms with Crippen molar-refractivity contribution in [2.24, 2.45) is 5.73 Å². The Kier molecular flexibility index (Phi) is 5.16. The zero-order valence-electron chi connectivity index (χ0n) is 10.5. The minimum absolute atomic E-state index is 0.392. The first-order valence-electron chi connectivity index (χ1n) is 6.15. The average Bonchev–Trinajstić information content (AvgIpc) is 2.31. The molecule has 0 saturated carbocycles. The molecule has 3 nitrogen and oxygen atoms in total. The molecule has 0 aliphatic rings. The number of carbonyl (C=O) groups is 1. The van der Waals surface area contributed by atoms with Crippen LogP contribution in [0.2, 0.25) is 0 Å². The molecule has 0 radical (unpaired) electrons. The van der Waals surface area contributed by atoms with E-state index in [2.05, 4.69) is 26.0 Å². The van der Waals surface area contributed by atoms with Crippen molar-refractivity contribution >= 4 is 5.97 Å². The standard InChI is InChI=1S/C14H21NO2/c1-3-11(4-2)12-7-5-6-10(8-12)9-13(15)14(16)17/h5-8,11,13H,3-4,9,15H2,1-2H3,(H,16,17)/t13-/m0/s1. The van der Waals surface area contributed by atoms with Gasteiger partial charge in [0.2, 0.25) is 0 Å². The van der Waals surface area contributed by atoms with Crippen molar-refractivity contribution in [1.29, 1.82) is 0 Å². The number of hydrogen-bond acceptors (Lipinski definition) is 2. The van der Waals surface area contributed by atoms with Crippen molar-refractivity contribution in [3.8, 4) is 0 Å². The first kappa shape index (κ1) is 13.7. The van der Waals surface area contributed by atoms with E-state index in [0.29, 0.717) is 12.3 Å². The van der Waals surface area contributed by atoms with Gasteiger partial charge in [-0.15, -0.1) is 0 Å². The number of carboxylic acids is 1. The SMILES string of the molecule is CCC(CC)c1cccc(C[C@H](N)C(=O)O)c1. The number of nitrogens with two attached hydrogens (primary N) is 1. The van der Waals surface area contributed by atoms with Gasteiger partial charge in [0.15, 0.2) is 0 Å². The fraction of sp³-hybridized carbons (Fsp3) is 0.500. The Hall–Kier alpha value is -1.35. The molecule has 0 amide bonds. The van der Waals surface area contributed by atoms with Crippen LogP contribution < -0.4 is 5.73 Å². The molecular formula is C14H21NO2. The Bertz CT molecular complexity index is 372. The molecule has 0 spiro atoms. The molecule has 1 rings (SSSR count). The number of aliphatic carboxylic acids is 1. The molecule has 1 atom stereocenters. The van der Waals surface area contributed by atoms with E-state index in [4.69, 9.17) is 10.8 Å². The predicted octanol–water partition coefficient (Wildman–Crippen LogP) is 2.54. The molecule has 0 aliphatic heterocycles. The molecule has 0 fully saturated rings. The largest absolute Gasteiger partial charge is 0.480 e. The predicted molar refractivity (Wildman–Crippen MR) is 69.1 cm³/mol. The number of hydrogen-bond donors (Lipinski definition) is 2. The highest BCUT2D eigenvalue weighted by Gasteiger charge is 2.13. The van der Waals surface area contributed by atoms with Gasteiger partial charge in [-0.05, 0) is 36.3 Å². The maximum Gasteiger partial charge on any atom is 0.320 e. The lowest BCUT2D eigenvalue weighted by atomic mass is 9.92. The molecule has 3 heteroatoms. The summed E-state index contributed by atoms with van der Waals surface area (Å²) in [5.74, 6) is -0.395. The van der Waals surface area contributed by atoms with Crippen LogP contribution in [0.3, 0.4) is 0 Å². The van der Waals surface area contributed by atoms with E-state index in [-0.39, 0.29) is 0 Å². The summed E-state index contributed by atoms with van der Waals surface area (Å²) in [6, 6.07) is 7.30. The monoisotopic (exact) mass is 235 g/mol. The Morgan fingerprint density at radius 1 is 1.35 bits per heavy atom. The second-order valence-electron chi connectivity index (χ2n) is 4.41. The zero-order valence-corrected chi connectivity index (χ0v) is 10.5. The van der Waals surface area contributed by atoms with Crippen LogP contribution in [0.4, 0.5) is 0 Å². The van der Waals surface area contributed by atoms with E-state index in [9.17, 15) is 4.79 Å². The summed E-state index contributed by atoms with van der Waals surface area (Å²) in [7, 11) is 0. The molecule has 94 valence electrons. The highest BCUT2D eigenvalue weighted by Crippen LogP contribution is 2.23. The Morgan fingerprint density at radius 2 is 2.00 bits per heavy atom. The van der Waals surface area contributed by atoms with Gasteiger partial charge in [0.05, 0.1) is 0 Å². The van der Waals surface area contributed by atoms with Crippen molar-refractivity contribution < 1.29 is 9.90 Å². The van der Waals surface area contributed by atoms with Crippen LogP contribution in [0.15, 0.2) is 24.3 Å². The Labute approximate surface area is 103 Å². The maximum absolute atomic E-state index is 10.7. The van der Waals surface area contributed by atoms with E-state index < -0.39 is 12.0 Å². The Morgan fingerprint density at radius 3 is 2.53 bits per heavy atom. The Balaban J connectivity index is 2.82. The average molecular weight is 235 g/mol. The summed E-state index contributed by atoms with van der Waals surface area (Å²) in [4.78, 5) is 10.7. The van der Waals surface area contributed by atoms with Gasteiger partial charge >= 0.3 is 5.97 Å². The number of rotatable bonds is 6. The van der Waals surface area contributed by atoms with E-state index in [0.717, 1.165) is 18.4 Å². The third-order valence-electron chi connectivity index (χ3n) is 3.18. The minimum Gasteiger partial charge on any atom is -0.480 e. The van der Waals surface area contributed by atoms with Crippen molar-refractivity contribution in [2.45, 2.75) is 45.1 Å². The van der Waals surface area contributed by atoms with Gasteiger partial charge < -0.3 is 10.8 Å². The highest BCUT2D eigenvalue weighted by atomic mass is 16.4. The minimum atomic E-state index is -0.946. The van der Waals surface area contributed by atoms with Gasteiger partial charge in [0, 0.05) is 0 Å². The van der Waals surface area contributed by atoms with Gasteiger partial charge in [-0.3, -0.25) is 4.79 Å². The van der Waals surface area contributed by atoms with Gasteiger partial charge in [-0.1, -0.05) is 38.1 Å². The van der Waals surface area contributed by atoms with Crippen LogP contribution in [0.25, 0.3) is 0 Å². The summed E-state index contributed by atoms with van der Waals surface area (Å²) in [5.41, 5.74) is 7.83. The third-order valence-corrected chi connectivity index (χ3v) is 3.18. The first-order chi connectivity index (χ1) is 8.08. The van der Waals surface area contributed by atoms with E-state index >= 15 is 0 Å². The second kappa shape index (κ2) is 6.40. The van der Waals surface area contributed by atoms with E-state index in [1.807, 2.05) is 12.1 Å². The lowest BCUT2D eigenvalue weighted by molar-refractivity contribution is -0.138. The van der Waals surface area contributed by atoms with E-state index in [1.165, 1.54) is 5.56 Å². The third kappa shape index (κ3) is 3.86. The molecule has 17 heavy (non-hydrogen) atoms. The number of carboxylic acid groups (broad SMARTS) is 1. The molecule has 0 saturated heterocycles. The lowest BCUT2D eigenvalue weighted by Crippen LogP contribution is -2.32. The molecular weight excluding hydrogens is 214 g/mol. The van der Waals surface area contributed by atoms with Crippen molar-refractivity contribution in [3.05, 3.63) is 35.4 Å². The summed E-state index contributed by atoms with van der Waals surface area (Å²) in [6.45, 7) is 4.34. The fourth-order valence-electron chi connectivity index (χ4n) is 2.08. The lowest BCUT2D eigenvalue weighted by Gasteiger charge is -2.14. The van der Waals surface area contributed by atoms with Gasteiger partial charge in [-0.25, -0.2) is 0 Å². The normalized spacial score (nSPS) is 12.7. The summed E-state index contributed by atoms with van der Waals surface area (Å²) in [5, 5.41) is 8.79. The van der Waals surface area contributed by atoms with Crippen LogP contribution in [-0.4, -0.2) is 17.1 Å². The summed E-state index contributed by atoms with van der Waals surface area (Å²) < 4.78 is 0. The van der Waals surface area contributed by atoms with E-state index in [1.54, 1.807) is 0 Å². The maximum atomic E-state index is 10.7. The molecule has 1 aromatic rings. The van der Waals surface area contributed by atoms with Crippen LogP contribution in [0, 0.1) is 0 Å². The summed E-state index contributed by atoms with van der Waals surface area (Å²) >= 11 is 0.